The number of rotatable bonds is 9. The van der Waals surface area contributed by atoms with Crippen molar-refractivity contribution in [3.63, 3.8) is 0 Å². The normalized spacial score (nSPS) is 23.6. The number of piperidine rings is 1. The summed E-state index contributed by atoms with van der Waals surface area (Å²) in [4.78, 5) is 42.3. The number of amidine groups is 1. The Kier molecular flexibility index (Phi) is 6.37. The van der Waals surface area contributed by atoms with Crippen LogP contribution in [0.5, 0.6) is 11.5 Å². The highest BCUT2D eigenvalue weighted by molar-refractivity contribution is 7.10. The highest BCUT2D eigenvalue weighted by atomic mass is 32.1. The topological polar surface area (TPSA) is 138 Å². The van der Waals surface area contributed by atoms with Crippen molar-refractivity contribution >= 4 is 34.9 Å². The van der Waals surface area contributed by atoms with E-state index in [0.29, 0.717) is 29.0 Å². The SMILES string of the molecule is C[C@@]12C[C@@H]1N(C(=O)CNC(=O)c1ccc(Oc3ccccc3)cc1)[C@H](C(=O)NC1(c3cc(C(=N)N)cs3)CC1)C2. The van der Waals surface area contributed by atoms with Crippen LogP contribution >= 0.6 is 11.3 Å². The molecule has 1 saturated heterocycles. The van der Waals surface area contributed by atoms with Gasteiger partial charge >= 0.3 is 0 Å². The average molecular weight is 558 g/mol. The predicted octanol–water partition coefficient (Wildman–Crippen LogP) is 3.74. The first-order chi connectivity index (χ1) is 19.2. The van der Waals surface area contributed by atoms with Crippen LogP contribution in [0, 0.1) is 10.8 Å². The summed E-state index contributed by atoms with van der Waals surface area (Å²) in [5.41, 5.74) is 6.16. The van der Waals surface area contributed by atoms with E-state index in [0.717, 1.165) is 24.1 Å². The minimum absolute atomic E-state index is 0.00303. The number of hydrogen-bond acceptors (Lipinski definition) is 6. The molecule has 9 nitrogen and oxygen atoms in total. The monoisotopic (exact) mass is 557 g/mol. The summed E-state index contributed by atoms with van der Waals surface area (Å²) >= 11 is 1.49. The molecule has 2 saturated carbocycles. The van der Waals surface area contributed by atoms with Gasteiger partial charge in [0.2, 0.25) is 11.8 Å². The molecule has 5 N–H and O–H groups in total. The summed E-state index contributed by atoms with van der Waals surface area (Å²) in [5.74, 6) is 0.510. The Balaban J connectivity index is 1.07. The van der Waals surface area contributed by atoms with Crippen LogP contribution in [0.3, 0.4) is 0 Å². The highest BCUT2D eigenvalue weighted by Crippen LogP contribution is 2.59. The number of benzene rings is 2. The van der Waals surface area contributed by atoms with E-state index in [1.54, 1.807) is 29.2 Å². The predicted molar refractivity (Wildman–Crippen MR) is 151 cm³/mol. The van der Waals surface area contributed by atoms with Gasteiger partial charge in [-0.25, -0.2) is 0 Å². The number of nitrogens with two attached hydrogens (primary N) is 1. The van der Waals surface area contributed by atoms with Crippen LogP contribution < -0.4 is 21.1 Å². The molecule has 2 heterocycles. The summed E-state index contributed by atoms with van der Waals surface area (Å²) in [6, 6.07) is 17.4. The molecule has 0 unspecified atom stereocenters. The second kappa shape index (κ2) is 9.78. The first kappa shape index (κ1) is 26.1. The van der Waals surface area contributed by atoms with Gasteiger partial charge in [-0.05, 0) is 73.6 Å². The standard InChI is InChI=1S/C30H31N5O4S/c1-29-14-22(28(38)34-30(11-12-30)24-13-19(17-40-24)26(31)32)35(23(29)15-29)25(36)16-33-27(37)18-7-9-21(10-8-18)39-20-5-3-2-4-6-20/h2-10,13,17,22-23H,11-12,14-16H2,1H3,(H3,31,32)(H,33,37)(H,34,38)/t22-,23-,29+/m0/s1. The van der Waals surface area contributed by atoms with Crippen LogP contribution in [0.2, 0.25) is 0 Å². The number of nitrogens with zero attached hydrogens (tertiary/aromatic N) is 1. The zero-order valence-corrected chi connectivity index (χ0v) is 22.9. The Labute approximate surface area is 236 Å². The quantitative estimate of drug-likeness (QED) is 0.235. The maximum absolute atomic E-state index is 13.5. The molecule has 2 aromatic carbocycles. The molecule has 2 aliphatic carbocycles. The molecule has 40 heavy (non-hydrogen) atoms. The third kappa shape index (κ3) is 4.95. The summed E-state index contributed by atoms with van der Waals surface area (Å²) in [5, 5.41) is 15.4. The lowest BCUT2D eigenvalue weighted by Gasteiger charge is -2.29. The molecule has 1 aromatic heterocycles. The maximum atomic E-state index is 13.5. The third-order valence-corrected chi connectivity index (χ3v) is 9.35. The minimum Gasteiger partial charge on any atom is -0.457 e. The van der Waals surface area contributed by atoms with Crippen LogP contribution in [0.4, 0.5) is 0 Å². The number of nitrogen functional groups attached to an aromatic ring is 1. The number of ether oxygens (including phenoxy) is 1. The van der Waals surface area contributed by atoms with Gasteiger partial charge in [-0.1, -0.05) is 25.1 Å². The molecule has 0 radical (unpaired) electrons. The number of carbonyl (C=O) groups excluding carboxylic acids is 3. The molecular formula is C30H31N5O4S. The fourth-order valence-corrected chi connectivity index (χ4v) is 6.74. The summed E-state index contributed by atoms with van der Waals surface area (Å²) in [6.45, 7) is 1.92. The van der Waals surface area contributed by atoms with E-state index in [1.807, 2.05) is 41.8 Å². The van der Waals surface area contributed by atoms with Gasteiger partial charge in [0.25, 0.3) is 5.91 Å². The number of nitrogens with one attached hydrogen (secondary N) is 3. The molecular weight excluding hydrogens is 526 g/mol. The van der Waals surface area contributed by atoms with Crippen LogP contribution in [-0.2, 0) is 15.1 Å². The largest absolute Gasteiger partial charge is 0.457 e. The lowest BCUT2D eigenvalue weighted by Crippen LogP contribution is -2.52. The fourth-order valence-electron chi connectivity index (χ4n) is 5.61. The molecule has 1 aliphatic heterocycles. The molecule has 206 valence electrons. The summed E-state index contributed by atoms with van der Waals surface area (Å²) in [6.07, 6.45) is 3.08. The number of para-hydroxylation sites is 1. The van der Waals surface area contributed by atoms with Gasteiger partial charge in [-0.3, -0.25) is 19.8 Å². The summed E-state index contributed by atoms with van der Waals surface area (Å²) < 4.78 is 5.77. The van der Waals surface area contributed by atoms with E-state index in [1.165, 1.54) is 11.3 Å². The van der Waals surface area contributed by atoms with Crippen molar-refractivity contribution in [2.45, 2.75) is 50.2 Å². The lowest BCUT2D eigenvalue weighted by molar-refractivity contribution is -0.139. The Morgan fingerprint density at radius 1 is 1.05 bits per heavy atom. The molecule has 3 fully saturated rings. The molecule has 0 bridgehead atoms. The van der Waals surface area contributed by atoms with Gasteiger partial charge in [-0.15, -0.1) is 11.3 Å². The Bertz CT molecular complexity index is 1480. The molecule has 3 atom stereocenters. The molecule has 0 spiro atoms. The van der Waals surface area contributed by atoms with Crippen LogP contribution in [-0.4, -0.2) is 47.1 Å². The number of hydrogen-bond donors (Lipinski definition) is 4. The van der Waals surface area contributed by atoms with E-state index >= 15 is 0 Å². The van der Waals surface area contributed by atoms with Crippen LogP contribution in [0.25, 0.3) is 0 Å². The Morgan fingerprint density at radius 2 is 1.75 bits per heavy atom. The zero-order valence-electron chi connectivity index (χ0n) is 22.1. The summed E-state index contributed by atoms with van der Waals surface area (Å²) in [7, 11) is 0. The van der Waals surface area contributed by atoms with Gasteiger partial charge in [0, 0.05) is 27.4 Å². The van der Waals surface area contributed by atoms with Crippen molar-refractivity contribution < 1.29 is 19.1 Å². The molecule has 6 rings (SSSR count). The number of thiophene rings is 1. The molecule has 3 amide bonds. The molecule has 3 aliphatic rings. The maximum Gasteiger partial charge on any atom is 0.251 e. The van der Waals surface area contributed by atoms with Gasteiger partial charge in [0.1, 0.15) is 23.4 Å². The number of likely N-dealkylation sites (tertiary alicyclic amines) is 1. The smallest absolute Gasteiger partial charge is 0.251 e. The number of carbonyl (C=O) groups is 3. The first-order valence-electron chi connectivity index (χ1n) is 13.4. The van der Waals surface area contributed by atoms with Crippen molar-refractivity contribution in [2.75, 3.05) is 6.54 Å². The zero-order chi connectivity index (χ0) is 28.1. The van der Waals surface area contributed by atoms with Gasteiger partial charge < -0.3 is 26.0 Å². The van der Waals surface area contributed by atoms with Gasteiger partial charge in [0.05, 0.1) is 12.1 Å². The van der Waals surface area contributed by atoms with E-state index in [-0.39, 0.29) is 41.6 Å². The van der Waals surface area contributed by atoms with Crippen molar-refractivity contribution in [1.29, 1.82) is 5.41 Å². The van der Waals surface area contributed by atoms with E-state index < -0.39 is 11.6 Å². The van der Waals surface area contributed by atoms with Gasteiger partial charge in [-0.2, -0.15) is 0 Å². The first-order valence-corrected chi connectivity index (χ1v) is 14.2. The Morgan fingerprint density at radius 3 is 2.40 bits per heavy atom. The van der Waals surface area contributed by atoms with E-state index in [4.69, 9.17) is 15.9 Å². The average Bonchev–Trinajstić information content (AvgIpc) is 3.74. The van der Waals surface area contributed by atoms with Crippen molar-refractivity contribution in [3.05, 3.63) is 82.0 Å². The number of amides is 3. The molecule has 10 heteroatoms. The van der Waals surface area contributed by atoms with Crippen molar-refractivity contribution in [1.82, 2.24) is 15.5 Å². The van der Waals surface area contributed by atoms with Crippen LogP contribution in [0.1, 0.15) is 53.4 Å². The van der Waals surface area contributed by atoms with Gasteiger partial charge in [0.15, 0.2) is 0 Å². The van der Waals surface area contributed by atoms with Crippen LogP contribution in [0.15, 0.2) is 66.0 Å². The van der Waals surface area contributed by atoms with Crippen molar-refractivity contribution in [3.8, 4) is 11.5 Å². The Hall–Kier alpha value is -4.18. The second-order valence-corrected chi connectivity index (χ2v) is 12.1. The lowest BCUT2D eigenvalue weighted by atomic mass is 10.0. The minimum atomic E-state index is -0.577. The molecule has 3 aromatic rings. The fraction of sp³-hybridized carbons (Fsp3) is 0.333. The third-order valence-electron chi connectivity index (χ3n) is 8.22. The second-order valence-electron chi connectivity index (χ2n) is 11.2. The van der Waals surface area contributed by atoms with E-state index in [2.05, 4.69) is 17.6 Å². The number of fused-ring (bicyclic) bond motifs is 1. The highest BCUT2D eigenvalue weighted by Gasteiger charge is 2.65. The van der Waals surface area contributed by atoms with E-state index in [9.17, 15) is 14.4 Å². The van der Waals surface area contributed by atoms with Crippen molar-refractivity contribution in [2.24, 2.45) is 11.1 Å².